The molecule has 0 saturated carbocycles. The lowest BCUT2D eigenvalue weighted by atomic mass is 10.2. The van der Waals surface area contributed by atoms with E-state index in [-0.39, 0.29) is 6.61 Å². The van der Waals surface area contributed by atoms with Crippen LogP contribution in [0.2, 0.25) is 0 Å². The van der Waals surface area contributed by atoms with Crippen molar-refractivity contribution in [1.82, 2.24) is 5.06 Å². The molecule has 0 radical (unpaired) electrons. The number of hydroxylamine groups is 2. The fourth-order valence-corrected chi connectivity index (χ4v) is 2.01. The molecular weight excluding hydrogens is 278 g/mol. The van der Waals surface area contributed by atoms with Crippen LogP contribution in [0.5, 0.6) is 0 Å². The number of carboxylic acids is 1. The summed E-state index contributed by atoms with van der Waals surface area (Å²) in [5.74, 6) is -1.38. The zero-order chi connectivity index (χ0) is 15.8. The van der Waals surface area contributed by atoms with Crippen LogP contribution in [0.3, 0.4) is 0 Å². The van der Waals surface area contributed by atoms with E-state index in [1.165, 1.54) is 0 Å². The number of hydrogen-bond acceptors (Lipinski definition) is 3. The molecule has 1 unspecified atom stereocenters. The van der Waals surface area contributed by atoms with Crippen LogP contribution in [-0.2, 0) is 22.7 Å². The highest BCUT2D eigenvalue weighted by Crippen LogP contribution is 2.11. The van der Waals surface area contributed by atoms with E-state index in [0.717, 1.165) is 11.1 Å². The Bertz CT molecular complexity index is 530. The maximum Gasteiger partial charge on any atom is 0.308 e. The van der Waals surface area contributed by atoms with E-state index in [1.807, 2.05) is 65.7 Å². The third-order valence-electron chi connectivity index (χ3n) is 3.33. The molecule has 4 heteroatoms. The molecule has 2 rings (SSSR count). The van der Waals surface area contributed by atoms with Crippen LogP contribution >= 0.6 is 0 Å². The average Bonchev–Trinajstić information content (AvgIpc) is 2.54. The van der Waals surface area contributed by atoms with Gasteiger partial charge in [0.1, 0.15) is 0 Å². The number of rotatable bonds is 8. The van der Waals surface area contributed by atoms with Crippen molar-refractivity contribution in [2.24, 2.45) is 5.92 Å². The Hall–Kier alpha value is -2.17. The van der Waals surface area contributed by atoms with Crippen molar-refractivity contribution in [3.63, 3.8) is 0 Å². The van der Waals surface area contributed by atoms with Crippen LogP contribution in [0.4, 0.5) is 0 Å². The highest BCUT2D eigenvalue weighted by molar-refractivity contribution is 5.69. The first kappa shape index (κ1) is 16.2. The number of nitrogens with zero attached hydrogens (tertiary/aromatic N) is 1. The third-order valence-corrected chi connectivity index (χ3v) is 3.33. The minimum Gasteiger partial charge on any atom is -0.481 e. The van der Waals surface area contributed by atoms with E-state index >= 15 is 0 Å². The first-order chi connectivity index (χ1) is 10.6. The lowest BCUT2D eigenvalue weighted by molar-refractivity contribution is -0.188. The highest BCUT2D eigenvalue weighted by atomic mass is 16.7. The van der Waals surface area contributed by atoms with Gasteiger partial charge in [0.25, 0.3) is 0 Å². The van der Waals surface area contributed by atoms with Gasteiger partial charge in [0.15, 0.2) is 0 Å². The monoisotopic (exact) mass is 299 g/mol. The first-order valence-corrected chi connectivity index (χ1v) is 7.33. The smallest absolute Gasteiger partial charge is 0.308 e. The second-order valence-electron chi connectivity index (χ2n) is 5.30. The number of carboxylic acid groups (broad SMARTS) is 1. The van der Waals surface area contributed by atoms with E-state index in [2.05, 4.69) is 0 Å². The number of hydrogen-bond donors (Lipinski definition) is 1. The van der Waals surface area contributed by atoms with E-state index in [9.17, 15) is 4.79 Å². The van der Waals surface area contributed by atoms with Crippen molar-refractivity contribution in [2.45, 2.75) is 20.0 Å². The minimum absolute atomic E-state index is 0.162. The number of benzene rings is 2. The van der Waals surface area contributed by atoms with Crippen molar-refractivity contribution in [2.75, 3.05) is 6.61 Å². The Morgan fingerprint density at radius 1 is 1.00 bits per heavy atom. The van der Waals surface area contributed by atoms with Gasteiger partial charge in [-0.15, -0.1) is 0 Å². The second kappa shape index (κ2) is 8.32. The summed E-state index contributed by atoms with van der Waals surface area (Å²) in [6, 6.07) is 20.0. The molecule has 0 aliphatic rings. The normalized spacial score (nSPS) is 12.3. The molecule has 0 heterocycles. The largest absolute Gasteiger partial charge is 0.481 e. The van der Waals surface area contributed by atoms with Gasteiger partial charge < -0.3 is 5.11 Å². The Morgan fingerprint density at radius 2 is 1.45 bits per heavy atom. The molecule has 4 nitrogen and oxygen atoms in total. The van der Waals surface area contributed by atoms with Crippen LogP contribution in [0.25, 0.3) is 0 Å². The molecule has 1 N–H and O–H groups in total. The van der Waals surface area contributed by atoms with Crippen LogP contribution in [-0.4, -0.2) is 22.7 Å². The van der Waals surface area contributed by atoms with Gasteiger partial charge in [-0.1, -0.05) is 60.7 Å². The highest BCUT2D eigenvalue weighted by Gasteiger charge is 2.15. The van der Waals surface area contributed by atoms with Crippen molar-refractivity contribution in [3.05, 3.63) is 71.8 Å². The van der Waals surface area contributed by atoms with Crippen LogP contribution < -0.4 is 0 Å². The molecule has 0 amide bonds. The number of carbonyl (C=O) groups is 1. The molecule has 2 aromatic rings. The maximum atomic E-state index is 10.9. The zero-order valence-electron chi connectivity index (χ0n) is 12.7. The Balaban J connectivity index is 2.01. The summed E-state index contributed by atoms with van der Waals surface area (Å²) >= 11 is 0. The van der Waals surface area contributed by atoms with Gasteiger partial charge in [0.05, 0.1) is 12.5 Å². The summed E-state index contributed by atoms with van der Waals surface area (Å²) < 4.78 is 0. The molecule has 2 aromatic carbocycles. The summed E-state index contributed by atoms with van der Waals surface area (Å²) in [6.07, 6.45) is 0. The predicted octanol–water partition coefficient (Wildman–Crippen LogP) is 3.34. The molecule has 0 spiro atoms. The fraction of sp³-hybridized carbons (Fsp3) is 0.278. The molecule has 0 bridgehead atoms. The molecule has 116 valence electrons. The van der Waals surface area contributed by atoms with Crippen molar-refractivity contribution in [3.8, 4) is 0 Å². The maximum absolute atomic E-state index is 10.9. The first-order valence-electron chi connectivity index (χ1n) is 7.33. The van der Waals surface area contributed by atoms with Crippen LogP contribution in [0.15, 0.2) is 60.7 Å². The molecule has 0 fully saturated rings. The lowest BCUT2D eigenvalue weighted by Gasteiger charge is -2.23. The zero-order valence-corrected chi connectivity index (χ0v) is 12.7. The van der Waals surface area contributed by atoms with Crippen molar-refractivity contribution < 1.29 is 14.7 Å². The van der Waals surface area contributed by atoms with Gasteiger partial charge in [0, 0.05) is 13.1 Å². The molecule has 0 aliphatic heterocycles. The topological polar surface area (TPSA) is 49.8 Å². The fourth-order valence-electron chi connectivity index (χ4n) is 2.01. The van der Waals surface area contributed by atoms with Gasteiger partial charge in [-0.2, -0.15) is 5.06 Å². The minimum atomic E-state index is -0.848. The summed E-state index contributed by atoms with van der Waals surface area (Å²) in [7, 11) is 0. The second-order valence-corrected chi connectivity index (χ2v) is 5.30. The Kier molecular flexibility index (Phi) is 6.13. The summed E-state index contributed by atoms with van der Waals surface area (Å²) in [5, 5.41) is 10.8. The SMILES string of the molecule is CC(CON(Cc1ccccc1)Cc1ccccc1)C(=O)O. The molecule has 0 aliphatic carbocycles. The van der Waals surface area contributed by atoms with Gasteiger partial charge in [-0.3, -0.25) is 9.63 Å². The molecule has 0 aromatic heterocycles. The van der Waals surface area contributed by atoms with E-state index in [4.69, 9.17) is 9.94 Å². The van der Waals surface area contributed by atoms with Gasteiger partial charge in [0.2, 0.25) is 0 Å². The molecule has 1 atom stereocenters. The van der Waals surface area contributed by atoms with Crippen LogP contribution in [0, 0.1) is 5.92 Å². The van der Waals surface area contributed by atoms with E-state index in [1.54, 1.807) is 6.92 Å². The molecule has 0 saturated heterocycles. The summed E-state index contributed by atoms with van der Waals surface area (Å²) in [5.41, 5.74) is 2.25. The van der Waals surface area contributed by atoms with Crippen LogP contribution in [0.1, 0.15) is 18.1 Å². The average molecular weight is 299 g/mol. The molecular formula is C18H21NO3. The van der Waals surface area contributed by atoms with Gasteiger partial charge in [-0.25, -0.2) is 0 Å². The van der Waals surface area contributed by atoms with Gasteiger partial charge in [-0.05, 0) is 18.1 Å². The van der Waals surface area contributed by atoms with E-state index in [0.29, 0.717) is 13.1 Å². The standard InChI is InChI=1S/C18H21NO3/c1-15(18(20)21)14-22-19(12-16-8-4-2-5-9-16)13-17-10-6-3-7-11-17/h2-11,15H,12-14H2,1H3,(H,20,21). The molecule has 22 heavy (non-hydrogen) atoms. The van der Waals surface area contributed by atoms with Crippen molar-refractivity contribution in [1.29, 1.82) is 0 Å². The summed E-state index contributed by atoms with van der Waals surface area (Å²) in [4.78, 5) is 16.7. The predicted molar refractivity (Wildman–Crippen MR) is 84.9 cm³/mol. The Labute approximate surface area is 130 Å². The Morgan fingerprint density at radius 3 is 1.86 bits per heavy atom. The van der Waals surface area contributed by atoms with Crippen molar-refractivity contribution >= 4 is 5.97 Å². The third kappa shape index (κ3) is 5.31. The summed E-state index contributed by atoms with van der Waals surface area (Å²) in [6.45, 7) is 3.03. The van der Waals surface area contributed by atoms with E-state index < -0.39 is 11.9 Å². The lowest BCUT2D eigenvalue weighted by Crippen LogP contribution is -2.28. The van der Waals surface area contributed by atoms with Gasteiger partial charge >= 0.3 is 5.97 Å². The quantitative estimate of drug-likeness (QED) is 0.760. The number of aliphatic carboxylic acids is 1.